The van der Waals surface area contributed by atoms with Crippen molar-refractivity contribution in [3.05, 3.63) is 10.9 Å². The van der Waals surface area contributed by atoms with E-state index >= 15 is 0 Å². The second-order valence-corrected chi connectivity index (χ2v) is 6.70. The van der Waals surface area contributed by atoms with Crippen molar-refractivity contribution in [2.75, 3.05) is 11.4 Å². The molecule has 1 aliphatic heterocycles. The van der Waals surface area contributed by atoms with Crippen LogP contribution in [0.1, 0.15) is 39.5 Å². The van der Waals surface area contributed by atoms with Gasteiger partial charge in [-0.25, -0.2) is 14.6 Å². The number of rotatable bonds is 3. The van der Waals surface area contributed by atoms with Crippen molar-refractivity contribution in [3.8, 4) is 0 Å². The van der Waals surface area contributed by atoms with E-state index in [9.17, 15) is 0 Å². The first-order valence-corrected chi connectivity index (χ1v) is 8.52. The minimum Gasteiger partial charge on any atom is -0.353 e. The first kappa shape index (κ1) is 14.8. The zero-order valence-corrected chi connectivity index (χ0v) is 14.5. The molecule has 114 valence electrons. The topological polar surface area (TPSA) is 46.8 Å². The van der Waals surface area contributed by atoms with Crippen LogP contribution in [-0.2, 0) is 7.05 Å². The minimum absolute atomic E-state index is 0.564. The van der Waals surface area contributed by atoms with Crippen LogP contribution < -0.4 is 4.90 Å². The monoisotopic (exact) mass is 351 g/mol. The van der Waals surface area contributed by atoms with Crippen molar-refractivity contribution in [1.29, 1.82) is 0 Å². The van der Waals surface area contributed by atoms with E-state index in [0.29, 0.717) is 12.0 Å². The van der Waals surface area contributed by atoms with Gasteiger partial charge in [0.2, 0.25) is 0 Å². The summed E-state index contributed by atoms with van der Waals surface area (Å²) in [6.45, 7) is 5.69. The Balaban J connectivity index is 2.09. The van der Waals surface area contributed by atoms with E-state index in [2.05, 4.69) is 49.7 Å². The van der Waals surface area contributed by atoms with Crippen molar-refractivity contribution in [2.45, 2.75) is 45.6 Å². The predicted molar refractivity (Wildman–Crippen MR) is 88.4 cm³/mol. The van der Waals surface area contributed by atoms with Gasteiger partial charge in [-0.2, -0.15) is 5.10 Å². The van der Waals surface area contributed by atoms with Crippen LogP contribution in [0.5, 0.6) is 0 Å². The van der Waals surface area contributed by atoms with Gasteiger partial charge in [-0.05, 0) is 41.1 Å². The molecule has 5 nitrogen and oxygen atoms in total. The Bertz CT molecular complexity index is 638. The maximum atomic E-state index is 4.60. The molecule has 1 saturated heterocycles. The highest BCUT2D eigenvalue weighted by Gasteiger charge is 2.29. The molecule has 0 radical (unpaired) electrons. The van der Waals surface area contributed by atoms with E-state index in [1.165, 1.54) is 25.7 Å². The highest BCUT2D eigenvalue weighted by atomic mass is 79.9. The fourth-order valence-electron chi connectivity index (χ4n) is 3.33. The van der Waals surface area contributed by atoms with Crippen molar-refractivity contribution in [3.63, 3.8) is 0 Å². The van der Waals surface area contributed by atoms with E-state index in [1.807, 2.05) is 11.7 Å². The molecule has 1 aliphatic rings. The number of piperidine rings is 1. The second-order valence-electron chi connectivity index (χ2n) is 5.95. The lowest BCUT2D eigenvalue weighted by atomic mass is 9.89. The largest absolute Gasteiger partial charge is 0.353 e. The van der Waals surface area contributed by atoms with Gasteiger partial charge in [-0.15, -0.1) is 0 Å². The molecule has 0 bridgehead atoms. The van der Waals surface area contributed by atoms with Crippen molar-refractivity contribution >= 4 is 32.8 Å². The van der Waals surface area contributed by atoms with Gasteiger partial charge in [0, 0.05) is 19.6 Å². The van der Waals surface area contributed by atoms with Crippen LogP contribution in [0.3, 0.4) is 0 Å². The quantitative estimate of drug-likeness (QED) is 0.848. The van der Waals surface area contributed by atoms with Gasteiger partial charge < -0.3 is 4.90 Å². The van der Waals surface area contributed by atoms with Crippen molar-refractivity contribution in [2.24, 2.45) is 13.0 Å². The van der Waals surface area contributed by atoms with Gasteiger partial charge in [-0.1, -0.05) is 20.3 Å². The summed E-state index contributed by atoms with van der Waals surface area (Å²) in [5.41, 5.74) is 0.889. The highest BCUT2D eigenvalue weighted by Crippen LogP contribution is 2.35. The fourth-order valence-corrected chi connectivity index (χ4v) is 3.92. The Kier molecular flexibility index (Phi) is 4.15. The molecule has 2 unspecified atom stereocenters. The number of fused-ring (bicyclic) bond motifs is 1. The first-order chi connectivity index (χ1) is 10.1. The maximum absolute atomic E-state index is 4.60. The van der Waals surface area contributed by atoms with Gasteiger partial charge >= 0.3 is 0 Å². The van der Waals surface area contributed by atoms with E-state index in [4.69, 9.17) is 0 Å². The number of nitrogens with zero attached hydrogens (tertiary/aromatic N) is 5. The summed E-state index contributed by atoms with van der Waals surface area (Å²) >= 11 is 3.57. The SMILES string of the molecule is CCC(C)C1CCCCN1c1ncnc2c1c(Br)nn2C. The van der Waals surface area contributed by atoms with Crippen LogP contribution >= 0.6 is 15.9 Å². The zero-order chi connectivity index (χ0) is 15.0. The third-order valence-electron chi connectivity index (χ3n) is 4.68. The number of anilines is 1. The van der Waals surface area contributed by atoms with Gasteiger partial charge in [0.05, 0.1) is 5.39 Å². The minimum atomic E-state index is 0.564. The van der Waals surface area contributed by atoms with Crippen LogP contribution in [0.4, 0.5) is 5.82 Å². The van der Waals surface area contributed by atoms with Crippen LogP contribution in [0.15, 0.2) is 10.9 Å². The highest BCUT2D eigenvalue weighted by molar-refractivity contribution is 9.10. The Labute approximate surface area is 133 Å². The molecule has 2 atom stereocenters. The van der Waals surface area contributed by atoms with Crippen molar-refractivity contribution in [1.82, 2.24) is 19.7 Å². The summed E-state index contributed by atoms with van der Waals surface area (Å²) in [5.74, 6) is 1.70. The molecule has 3 heterocycles. The zero-order valence-electron chi connectivity index (χ0n) is 12.9. The Morgan fingerprint density at radius 1 is 1.38 bits per heavy atom. The number of hydrogen-bond acceptors (Lipinski definition) is 4. The van der Waals surface area contributed by atoms with Crippen molar-refractivity contribution < 1.29 is 0 Å². The summed E-state index contributed by atoms with van der Waals surface area (Å²) in [7, 11) is 1.92. The number of aromatic nitrogens is 4. The lowest BCUT2D eigenvalue weighted by Gasteiger charge is -2.40. The molecule has 0 saturated carbocycles. The smallest absolute Gasteiger partial charge is 0.164 e. The first-order valence-electron chi connectivity index (χ1n) is 7.73. The molecule has 0 amide bonds. The number of halogens is 1. The maximum Gasteiger partial charge on any atom is 0.164 e. The second kappa shape index (κ2) is 5.91. The van der Waals surface area contributed by atoms with E-state index in [1.54, 1.807) is 6.33 Å². The average molecular weight is 352 g/mol. The van der Waals surface area contributed by atoms with E-state index in [-0.39, 0.29) is 0 Å². The summed E-state index contributed by atoms with van der Waals surface area (Å²) < 4.78 is 2.65. The molecule has 3 rings (SSSR count). The molecular formula is C15H22BrN5. The molecule has 0 spiro atoms. The van der Waals surface area contributed by atoms with Crippen LogP contribution in [0, 0.1) is 5.92 Å². The molecule has 21 heavy (non-hydrogen) atoms. The molecule has 2 aromatic heterocycles. The predicted octanol–water partition coefficient (Wildman–Crippen LogP) is 3.53. The standard InChI is InChI=1S/C15H22BrN5/c1-4-10(2)11-7-5-6-8-21(11)15-12-13(16)19-20(3)14(12)17-9-18-15/h9-11H,4-8H2,1-3H3. The molecule has 0 N–H and O–H groups in total. The summed E-state index contributed by atoms with van der Waals surface area (Å²) in [6, 6.07) is 0.564. The summed E-state index contributed by atoms with van der Waals surface area (Å²) in [6.07, 6.45) is 6.65. The Hall–Kier alpha value is -1.17. The van der Waals surface area contributed by atoms with E-state index in [0.717, 1.165) is 28.0 Å². The normalized spacial score (nSPS) is 21.0. The average Bonchev–Trinajstić information content (AvgIpc) is 2.81. The van der Waals surface area contributed by atoms with Gasteiger partial charge in [0.15, 0.2) is 5.65 Å². The molecule has 0 aromatic carbocycles. The fraction of sp³-hybridized carbons (Fsp3) is 0.667. The Morgan fingerprint density at radius 2 is 2.19 bits per heavy atom. The van der Waals surface area contributed by atoms with Gasteiger partial charge in [0.1, 0.15) is 16.7 Å². The summed E-state index contributed by atoms with van der Waals surface area (Å²) in [5, 5.41) is 5.48. The molecular weight excluding hydrogens is 330 g/mol. The number of hydrogen-bond donors (Lipinski definition) is 0. The van der Waals surface area contributed by atoms with Gasteiger partial charge in [-0.3, -0.25) is 0 Å². The number of aryl methyl sites for hydroxylation is 1. The van der Waals surface area contributed by atoms with Crippen LogP contribution in [0.25, 0.3) is 11.0 Å². The summed E-state index contributed by atoms with van der Waals surface area (Å²) in [4.78, 5) is 11.5. The molecule has 1 fully saturated rings. The molecule has 0 aliphatic carbocycles. The lowest BCUT2D eigenvalue weighted by Crippen LogP contribution is -2.44. The molecule has 6 heteroatoms. The molecule has 2 aromatic rings. The van der Waals surface area contributed by atoms with E-state index < -0.39 is 0 Å². The third-order valence-corrected chi connectivity index (χ3v) is 5.24. The van der Waals surface area contributed by atoms with Gasteiger partial charge in [0.25, 0.3) is 0 Å². The lowest BCUT2D eigenvalue weighted by molar-refractivity contribution is 0.347. The third kappa shape index (κ3) is 2.54. The van der Waals surface area contributed by atoms with Crippen LogP contribution in [-0.4, -0.2) is 32.3 Å². The Morgan fingerprint density at radius 3 is 2.95 bits per heavy atom. The van der Waals surface area contributed by atoms with Crippen LogP contribution in [0.2, 0.25) is 0 Å².